The molecule has 10 heteroatoms. The van der Waals surface area contributed by atoms with E-state index in [-0.39, 0.29) is 17.0 Å². The Morgan fingerprint density at radius 2 is 1.85 bits per heavy atom. The lowest BCUT2D eigenvalue weighted by Gasteiger charge is -2.09. The normalized spacial score (nSPS) is 11.4. The third-order valence-corrected chi connectivity index (χ3v) is 4.75. The predicted octanol–water partition coefficient (Wildman–Crippen LogP) is 4.61. The highest BCUT2D eigenvalue weighted by Crippen LogP contribution is 2.23. The Morgan fingerprint density at radius 1 is 1.15 bits per heavy atom. The summed E-state index contributed by atoms with van der Waals surface area (Å²) in [4.78, 5) is 35.3. The largest absolute Gasteiger partial charge is 0.454 e. The molecule has 0 unspecified atom stereocenters. The lowest BCUT2D eigenvalue weighted by atomic mass is 10.2. The fraction of sp³-hybridized carbons (Fsp3) is 0.118. The zero-order valence-electron chi connectivity index (χ0n) is 13.4. The molecule has 1 aromatic heterocycles. The second kappa shape index (κ2) is 8.96. The SMILES string of the molecule is O=C(COC(=O)c1ccccc1NC=CC(=O)C(F)(F)F)c1ccc(Br)s1. The molecule has 27 heavy (non-hydrogen) atoms. The summed E-state index contributed by atoms with van der Waals surface area (Å²) in [7, 11) is 0. The molecule has 0 aliphatic rings. The van der Waals surface area contributed by atoms with E-state index in [0.29, 0.717) is 11.0 Å². The number of ether oxygens (including phenoxy) is 1. The number of anilines is 1. The van der Waals surface area contributed by atoms with Crippen molar-refractivity contribution < 1.29 is 32.3 Å². The summed E-state index contributed by atoms with van der Waals surface area (Å²) in [5, 5.41) is 2.43. The minimum Gasteiger partial charge on any atom is -0.454 e. The van der Waals surface area contributed by atoms with Gasteiger partial charge >= 0.3 is 12.1 Å². The molecule has 0 radical (unpaired) electrons. The molecule has 2 rings (SSSR count). The van der Waals surface area contributed by atoms with E-state index in [9.17, 15) is 27.6 Å². The number of rotatable bonds is 7. The van der Waals surface area contributed by atoms with E-state index in [2.05, 4.69) is 21.2 Å². The van der Waals surface area contributed by atoms with E-state index in [1.54, 1.807) is 12.1 Å². The highest BCUT2D eigenvalue weighted by molar-refractivity contribution is 9.11. The van der Waals surface area contributed by atoms with Crippen molar-refractivity contribution in [2.24, 2.45) is 0 Å². The molecule has 0 saturated carbocycles. The maximum absolute atomic E-state index is 12.2. The molecule has 0 amide bonds. The maximum Gasteiger partial charge on any atom is 0.454 e. The van der Waals surface area contributed by atoms with E-state index >= 15 is 0 Å². The standard InChI is InChI=1S/C17H11BrF3NO4S/c18-15-6-5-13(27-15)12(23)9-26-16(25)10-3-1-2-4-11(10)22-8-7-14(24)17(19,20)21/h1-8,22H,9H2. The first kappa shape index (κ1) is 20.8. The van der Waals surface area contributed by atoms with Crippen molar-refractivity contribution >= 4 is 50.5 Å². The van der Waals surface area contributed by atoms with Gasteiger partial charge in [0.15, 0.2) is 6.61 Å². The van der Waals surface area contributed by atoms with Crippen LogP contribution in [-0.2, 0) is 9.53 Å². The number of benzene rings is 1. The smallest absolute Gasteiger partial charge is 0.454 e. The van der Waals surface area contributed by atoms with Crippen molar-refractivity contribution in [1.82, 2.24) is 0 Å². The van der Waals surface area contributed by atoms with Gasteiger partial charge in [0, 0.05) is 12.3 Å². The number of esters is 1. The van der Waals surface area contributed by atoms with Crippen LogP contribution in [0.2, 0.25) is 0 Å². The van der Waals surface area contributed by atoms with Crippen LogP contribution in [0.5, 0.6) is 0 Å². The molecule has 0 spiro atoms. The Bertz CT molecular complexity index is 892. The van der Waals surface area contributed by atoms with Crippen LogP contribution in [0.25, 0.3) is 0 Å². The Morgan fingerprint density at radius 3 is 2.48 bits per heavy atom. The van der Waals surface area contributed by atoms with E-state index < -0.39 is 24.5 Å². The van der Waals surface area contributed by atoms with Crippen LogP contribution < -0.4 is 5.32 Å². The minimum absolute atomic E-state index is 0.00164. The molecular weight excluding hydrogens is 451 g/mol. The number of thiophene rings is 1. The van der Waals surface area contributed by atoms with Gasteiger partial charge in [0.05, 0.1) is 19.9 Å². The molecular formula is C17H11BrF3NO4S. The van der Waals surface area contributed by atoms with Gasteiger partial charge in [0.2, 0.25) is 5.78 Å². The number of carbonyl (C=O) groups excluding carboxylic acids is 3. The number of hydrogen-bond donors (Lipinski definition) is 1. The molecule has 1 aromatic carbocycles. The molecule has 0 aliphatic carbocycles. The zero-order valence-corrected chi connectivity index (χ0v) is 15.8. The van der Waals surface area contributed by atoms with Crippen molar-refractivity contribution in [3.05, 3.63) is 62.9 Å². The Balaban J connectivity index is 2.01. The van der Waals surface area contributed by atoms with Crippen molar-refractivity contribution in [1.29, 1.82) is 0 Å². The van der Waals surface area contributed by atoms with Gasteiger partial charge in [-0.15, -0.1) is 11.3 Å². The average molecular weight is 462 g/mol. The number of Topliss-reactive ketones (excluding diaryl/α,β-unsaturated/α-hetero) is 1. The first-order valence-electron chi connectivity index (χ1n) is 7.27. The number of halogens is 4. The molecule has 1 N–H and O–H groups in total. The number of ketones is 2. The van der Waals surface area contributed by atoms with Gasteiger partial charge < -0.3 is 10.1 Å². The third kappa shape index (κ3) is 6.04. The first-order chi connectivity index (χ1) is 12.7. The summed E-state index contributed by atoms with van der Waals surface area (Å²) in [5.41, 5.74) is 0.127. The lowest BCUT2D eigenvalue weighted by Crippen LogP contribution is -2.20. The zero-order chi connectivity index (χ0) is 20.0. The lowest BCUT2D eigenvalue weighted by molar-refractivity contribution is -0.165. The van der Waals surface area contributed by atoms with E-state index in [1.807, 2.05) is 0 Å². The van der Waals surface area contributed by atoms with Crippen molar-refractivity contribution in [3.8, 4) is 0 Å². The Kier molecular flexibility index (Phi) is 6.92. The van der Waals surface area contributed by atoms with Crippen LogP contribution in [0.3, 0.4) is 0 Å². The fourth-order valence-corrected chi connectivity index (χ4v) is 3.14. The number of para-hydroxylation sites is 1. The Labute approximate surface area is 164 Å². The predicted molar refractivity (Wildman–Crippen MR) is 96.9 cm³/mol. The molecule has 5 nitrogen and oxygen atoms in total. The molecule has 0 atom stereocenters. The number of nitrogens with one attached hydrogen (secondary N) is 1. The molecule has 2 aromatic rings. The summed E-state index contributed by atoms with van der Waals surface area (Å²) >= 11 is 4.42. The summed E-state index contributed by atoms with van der Waals surface area (Å²) < 4.78 is 42.2. The summed E-state index contributed by atoms with van der Waals surface area (Å²) in [6, 6.07) is 9.11. The summed E-state index contributed by atoms with van der Waals surface area (Å²) in [6.45, 7) is -0.484. The molecule has 1 heterocycles. The van der Waals surface area contributed by atoms with Crippen molar-refractivity contribution in [2.75, 3.05) is 11.9 Å². The maximum atomic E-state index is 12.2. The second-order valence-electron chi connectivity index (χ2n) is 4.99. The quantitative estimate of drug-likeness (QED) is 0.370. The molecule has 0 bridgehead atoms. The third-order valence-electron chi connectivity index (χ3n) is 3.08. The average Bonchev–Trinajstić information content (AvgIpc) is 3.05. The number of carbonyl (C=O) groups is 3. The number of allylic oxidation sites excluding steroid dienone is 1. The summed E-state index contributed by atoms with van der Waals surface area (Å²) in [5.74, 6) is -3.26. The monoisotopic (exact) mass is 461 g/mol. The second-order valence-corrected chi connectivity index (χ2v) is 7.45. The topological polar surface area (TPSA) is 72.5 Å². The molecule has 0 aliphatic heterocycles. The summed E-state index contributed by atoms with van der Waals surface area (Å²) in [6.07, 6.45) is -3.90. The highest BCUT2D eigenvalue weighted by atomic mass is 79.9. The number of hydrogen-bond acceptors (Lipinski definition) is 6. The molecule has 0 saturated heterocycles. The van der Waals surface area contributed by atoms with Crippen LogP contribution in [0, 0.1) is 0 Å². The van der Waals surface area contributed by atoms with E-state index in [4.69, 9.17) is 4.74 Å². The van der Waals surface area contributed by atoms with Gasteiger partial charge in [-0.1, -0.05) is 12.1 Å². The van der Waals surface area contributed by atoms with E-state index in [1.165, 1.54) is 35.6 Å². The Hall–Kier alpha value is -2.46. The molecule has 142 valence electrons. The van der Waals surface area contributed by atoms with Crippen molar-refractivity contribution in [3.63, 3.8) is 0 Å². The highest BCUT2D eigenvalue weighted by Gasteiger charge is 2.36. The van der Waals surface area contributed by atoms with Gasteiger partial charge in [0.1, 0.15) is 0 Å². The van der Waals surface area contributed by atoms with Crippen molar-refractivity contribution in [2.45, 2.75) is 6.18 Å². The van der Waals surface area contributed by atoms with Crippen LogP contribution >= 0.6 is 27.3 Å². The van der Waals surface area contributed by atoms with Gasteiger partial charge in [-0.3, -0.25) is 9.59 Å². The van der Waals surface area contributed by atoms with Crippen LogP contribution in [-0.4, -0.2) is 30.3 Å². The van der Waals surface area contributed by atoms with Gasteiger partial charge in [0.25, 0.3) is 5.78 Å². The van der Waals surface area contributed by atoms with Gasteiger partial charge in [-0.05, 0) is 40.2 Å². The fourth-order valence-electron chi connectivity index (χ4n) is 1.83. The van der Waals surface area contributed by atoms with Gasteiger partial charge in [-0.2, -0.15) is 13.2 Å². The van der Waals surface area contributed by atoms with Gasteiger partial charge in [-0.25, -0.2) is 4.79 Å². The number of alkyl halides is 3. The van der Waals surface area contributed by atoms with Crippen LogP contribution in [0.1, 0.15) is 20.0 Å². The van der Waals surface area contributed by atoms with Crippen LogP contribution in [0.4, 0.5) is 18.9 Å². The first-order valence-corrected chi connectivity index (χ1v) is 8.88. The van der Waals surface area contributed by atoms with E-state index in [0.717, 1.165) is 9.99 Å². The minimum atomic E-state index is -4.98. The van der Waals surface area contributed by atoms with Crippen LogP contribution in [0.15, 0.2) is 52.5 Å². The molecule has 0 fully saturated rings.